The fourth-order valence-corrected chi connectivity index (χ4v) is 0.890. The lowest BCUT2D eigenvalue weighted by atomic mass is 10.3. The number of rotatable bonds is 1. The highest BCUT2D eigenvalue weighted by atomic mass is 16.3. The minimum absolute atomic E-state index is 0.191. The number of hydrogen-bond donors (Lipinski definition) is 1. The maximum atomic E-state index is 10.7. The summed E-state index contributed by atoms with van der Waals surface area (Å²) in [5.41, 5.74) is 6.14. The summed E-state index contributed by atoms with van der Waals surface area (Å²) >= 11 is 0. The molecule has 0 aliphatic rings. The number of pyridine rings is 1. The second kappa shape index (κ2) is 2.30. The van der Waals surface area contributed by atoms with Gasteiger partial charge in [-0.25, -0.2) is 4.98 Å². The smallest absolute Gasteiger partial charge is 0.267 e. The summed E-state index contributed by atoms with van der Waals surface area (Å²) in [6.45, 7) is 0. The zero-order valence-electron chi connectivity index (χ0n) is 6.02. The quantitative estimate of drug-likeness (QED) is 0.656. The number of primary amides is 1. The van der Waals surface area contributed by atoms with Gasteiger partial charge in [0, 0.05) is 0 Å². The van der Waals surface area contributed by atoms with Crippen molar-refractivity contribution in [1.29, 1.82) is 0 Å². The van der Waals surface area contributed by atoms with Gasteiger partial charge in [0.05, 0.1) is 0 Å². The molecule has 2 N–H and O–H groups in total. The lowest BCUT2D eigenvalue weighted by Crippen LogP contribution is -2.12. The Morgan fingerprint density at radius 2 is 2.33 bits per heavy atom. The molecule has 0 radical (unpaired) electrons. The summed E-state index contributed by atoms with van der Waals surface area (Å²) in [4.78, 5) is 18.3. The summed E-state index contributed by atoms with van der Waals surface area (Å²) in [6, 6.07) is 3.10. The topological polar surface area (TPSA) is 82.0 Å². The molecule has 1 amide bonds. The third-order valence-corrected chi connectivity index (χ3v) is 1.45. The van der Waals surface area contributed by atoms with Crippen molar-refractivity contribution < 1.29 is 9.21 Å². The molecule has 0 saturated carbocycles. The van der Waals surface area contributed by atoms with E-state index in [1.165, 1.54) is 12.5 Å². The molecule has 0 spiro atoms. The highest BCUT2D eigenvalue weighted by Crippen LogP contribution is 2.09. The van der Waals surface area contributed by atoms with Crippen LogP contribution in [-0.4, -0.2) is 15.9 Å². The molecule has 60 valence electrons. The Morgan fingerprint density at radius 3 is 3.08 bits per heavy atom. The maximum absolute atomic E-state index is 10.7. The van der Waals surface area contributed by atoms with Crippen LogP contribution in [0.5, 0.6) is 0 Å². The first-order valence-electron chi connectivity index (χ1n) is 3.27. The van der Waals surface area contributed by atoms with Crippen LogP contribution in [0.3, 0.4) is 0 Å². The highest BCUT2D eigenvalue weighted by Gasteiger charge is 2.05. The molecule has 2 aromatic heterocycles. The molecule has 2 aromatic rings. The van der Waals surface area contributed by atoms with Crippen LogP contribution in [-0.2, 0) is 0 Å². The second-order valence-electron chi connectivity index (χ2n) is 2.23. The summed E-state index contributed by atoms with van der Waals surface area (Å²) in [5, 5.41) is 0. The van der Waals surface area contributed by atoms with Gasteiger partial charge in [0.1, 0.15) is 5.69 Å². The number of amides is 1. The minimum atomic E-state index is -0.570. The van der Waals surface area contributed by atoms with Crippen molar-refractivity contribution in [2.45, 2.75) is 0 Å². The molecule has 0 aliphatic heterocycles. The van der Waals surface area contributed by atoms with Crippen molar-refractivity contribution >= 4 is 17.1 Å². The third-order valence-electron chi connectivity index (χ3n) is 1.45. The van der Waals surface area contributed by atoms with Gasteiger partial charge in [-0.05, 0) is 12.1 Å². The molecule has 12 heavy (non-hydrogen) atoms. The van der Waals surface area contributed by atoms with Crippen molar-refractivity contribution in [3.05, 3.63) is 24.2 Å². The standard InChI is InChI=1S/C7H5N3O2/c8-6(11)4-1-2-5-7(10-4)9-3-12-5/h1-3H,(H2,8,11). The van der Waals surface area contributed by atoms with Crippen molar-refractivity contribution in [2.24, 2.45) is 5.73 Å². The van der Waals surface area contributed by atoms with Gasteiger partial charge in [-0.15, -0.1) is 0 Å². The molecule has 0 saturated heterocycles. The molecular formula is C7H5N3O2. The van der Waals surface area contributed by atoms with E-state index >= 15 is 0 Å². The SMILES string of the molecule is NC(=O)c1ccc2ocnc2n1. The summed E-state index contributed by atoms with van der Waals surface area (Å²) in [7, 11) is 0. The van der Waals surface area contributed by atoms with Gasteiger partial charge in [-0.1, -0.05) is 0 Å². The molecule has 0 unspecified atom stereocenters. The van der Waals surface area contributed by atoms with Gasteiger partial charge < -0.3 is 10.2 Å². The number of hydrogen-bond acceptors (Lipinski definition) is 4. The van der Waals surface area contributed by atoms with E-state index in [-0.39, 0.29) is 5.69 Å². The largest absolute Gasteiger partial charge is 0.442 e. The lowest BCUT2D eigenvalue weighted by molar-refractivity contribution is 0.0996. The van der Waals surface area contributed by atoms with Crippen LogP contribution < -0.4 is 5.73 Å². The number of aromatic nitrogens is 2. The molecule has 0 aliphatic carbocycles. The van der Waals surface area contributed by atoms with E-state index in [2.05, 4.69) is 9.97 Å². The lowest BCUT2D eigenvalue weighted by Gasteiger charge is -1.91. The van der Waals surface area contributed by atoms with Crippen LogP contribution in [0.25, 0.3) is 11.2 Å². The molecule has 2 heterocycles. The molecule has 5 heteroatoms. The normalized spacial score (nSPS) is 10.3. The van der Waals surface area contributed by atoms with Crippen LogP contribution in [0.4, 0.5) is 0 Å². The van der Waals surface area contributed by atoms with E-state index in [1.807, 2.05) is 0 Å². The van der Waals surface area contributed by atoms with E-state index in [0.29, 0.717) is 11.2 Å². The molecule has 2 rings (SSSR count). The van der Waals surface area contributed by atoms with Crippen LogP contribution in [0, 0.1) is 0 Å². The van der Waals surface area contributed by atoms with Crippen molar-refractivity contribution in [1.82, 2.24) is 9.97 Å². The van der Waals surface area contributed by atoms with E-state index in [0.717, 1.165) is 0 Å². The Morgan fingerprint density at radius 1 is 1.50 bits per heavy atom. The predicted octanol–water partition coefficient (Wildman–Crippen LogP) is 0.322. The second-order valence-corrected chi connectivity index (χ2v) is 2.23. The number of fused-ring (bicyclic) bond motifs is 1. The fraction of sp³-hybridized carbons (Fsp3) is 0. The molecule has 5 nitrogen and oxygen atoms in total. The molecule has 0 atom stereocenters. The van der Waals surface area contributed by atoms with E-state index < -0.39 is 5.91 Å². The monoisotopic (exact) mass is 163 g/mol. The summed E-state index contributed by atoms with van der Waals surface area (Å²) in [6.07, 6.45) is 1.27. The maximum Gasteiger partial charge on any atom is 0.267 e. The Balaban J connectivity index is 2.68. The average molecular weight is 163 g/mol. The minimum Gasteiger partial charge on any atom is -0.442 e. The van der Waals surface area contributed by atoms with Crippen LogP contribution >= 0.6 is 0 Å². The molecule has 0 fully saturated rings. The fourth-order valence-electron chi connectivity index (χ4n) is 0.890. The van der Waals surface area contributed by atoms with Crippen LogP contribution in [0.2, 0.25) is 0 Å². The first kappa shape index (κ1) is 6.78. The first-order chi connectivity index (χ1) is 5.77. The molecular weight excluding hydrogens is 158 g/mol. The molecule has 0 aromatic carbocycles. The van der Waals surface area contributed by atoms with Crippen LogP contribution in [0.1, 0.15) is 10.5 Å². The van der Waals surface area contributed by atoms with E-state index in [1.54, 1.807) is 6.07 Å². The van der Waals surface area contributed by atoms with Gasteiger partial charge in [0.15, 0.2) is 17.6 Å². The van der Waals surface area contributed by atoms with Crippen molar-refractivity contribution in [2.75, 3.05) is 0 Å². The Bertz CT molecular complexity index is 435. The number of carbonyl (C=O) groups is 1. The summed E-state index contributed by atoms with van der Waals surface area (Å²) < 4.78 is 4.93. The number of carbonyl (C=O) groups excluding carboxylic acids is 1. The summed E-state index contributed by atoms with van der Waals surface area (Å²) in [5.74, 6) is -0.570. The number of nitrogens with zero attached hydrogens (tertiary/aromatic N) is 2. The Labute approximate surface area is 67.2 Å². The predicted molar refractivity (Wildman–Crippen MR) is 40.3 cm³/mol. The van der Waals surface area contributed by atoms with Crippen molar-refractivity contribution in [3.63, 3.8) is 0 Å². The Kier molecular flexibility index (Phi) is 1.30. The average Bonchev–Trinajstić information content (AvgIpc) is 2.49. The van der Waals surface area contributed by atoms with Crippen LogP contribution in [0.15, 0.2) is 22.9 Å². The number of oxazole rings is 1. The zero-order valence-corrected chi connectivity index (χ0v) is 6.02. The van der Waals surface area contributed by atoms with Gasteiger partial charge in [-0.3, -0.25) is 4.79 Å². The van der Waals surface area contributed by atoms with Gasteiger partial charge in [-0.2, -0.15) is 4.98 Å². The zero-order chi connectivity index (χ0) is 8.55. The third kappa shape index (κ3) is 0.914. The van der Waals surface area contributed by atoms with Crippen molar-refractivity contribution in [3.8, 4) is 0 Å². The Hall–Kier alpha value is -1.91. The van der Waals surface area contributed by atoms with Gasteiger partial charge in [0.2, 0.25) is 0 Å². The first-order valence-corrected chi connectivity index (χ1v) is 3.27. The van der Waals surface area contributed by atoms with E-state index in [9.17, 15) is 4.79 Å². The highest BCUT2D eigenvalue weighted by molar-refractivity contribution is 5.92. The molecule has 0 bridgehead atoms. The van der Waals surface area contributed by atoms with Gasteiger partial charge in [0.25, 0.3) is 5.91 Å². The van der Waals surface area contributed by atoms with Gasteiger partial charge >= 0.3 is 0 Å². The number of nitrogens with two attached hydrogens (primary N) is 1. The van der Waals surface area contributed by atoms with E-state index in [4.69, 9.17) is 10.2 Å².